The lowest BCUT2D eigenvalue weighted by molar-refractivity contribution is -0.132. The zero-order valence-corrected chi connectivity index (χ0v) is 10.4. The maximum Gasteiger partial charge on any atom is 0.227 e. The van der Waals surface area contributed by atoms with Gasteiger partial charge in [-0.3, -0.25) is 10.6 Å². The Balaban J connectivity index is 1.90. The Morgan fingerprint density at radius 3 is 2.35 bits per heavy atom. The van der Waals surface area contributed by atoms with Crippen LogP contribution >= 0.6 is 11.6 Å². The SMILES string of the molecule is NN1CCN(C(=O)Cc2ccc(Cl)cc2)CC1. The fraction of sp³-hybridized carbons (Fsp3) is 0.417. The third kappa shape index (κ3) is 3.43. The number of benzene rings is 1. The summed E-state index contributed by atoms with van der Waals surface area (Å²) in [6, 6.07) is 7.39. The summed E-state index contributed by atoms with van der Waals surface area (Å²) in [6.45, 7) is 2.91. The Bertz CT molecular complexity index is 385. The van der Waals surface area contributed by atoms with Crippen molar-refractivity contribution in [3.63, 3.8) is 0 Å². The number of hydrazine groups is 1. The van der Waals surface area contributed by atoms with Crippen molar-refractivity contribution in [2.24, 2.45) is 5.84 Å². The van der Waals surface area contributed by atoms with Crippen LogP contribution in [0, 0.1) is 0 Å². The van der Waals surface area contributed by atoms with Crippen LogP contribution < -0.4 is 5.84 Å². The zero-order valence-electron chi connectivity index (χ0n) is 9.60. The molecule has 0 spiro atoms. The lowest BCUT2D eigenvalue weighted by atomic mass is 10.1. The van der Waals surface area contributed by atoms with Crippen molar-refractivity contribution in [2.75, 3.05) is 26.2 Å². The quantitative estimate of drug-likeness (QED) is 0.797. The van der Waals surface area contributed by atoms with E-state index in [1.165, 1.54) is 0 Å². The topological polar surface area (TPSA) is 49.6 Å². The predicted molar refractivity (Wildman–Crippen MR) is 67.5 cm³/mol. The number of hydrogen-bond donors (Lipinski definition) is 1. The molecule has 0 radical (unpaired) electrons. The van der Waals surface area contributed by atoms with Crippen LogP contribution in [-0.4, -0.2) is 42.0 Å². The fourth-order valence-corrected chi connectivity index (χ4v) is 1.99. The van der Waals surface area contributed by atoms with Gasteiger partial charge in [0.25, 0.3) is 0 Å². The molecular weight excluding hydrogens is 238 g/mol. The number of nitrogens with zero attached hydrogens (tertiary/aromatic N) is 2. The van der Waals surface area contributed by atoms with Crippen LogP contribution in [-0.2, 0) is 11.2 Å². The summed E-state index contributed by atoms with van der Waals surface area (Å²) in [4.78, 5) is 13.9. The van der Waals surface area contributed by atoms with Crippen molar-refractivity contribution in [2.45, 2.75) is 6.42 Å². The lowest BCUT2D eigenvalue weighted by Gasteiger charge is -2.32. The Kier molecular flexibility index (Phi) is 3.99. The lowest BCUT2D eigenvalue weighted by Crippen LogP contribution is -2.51. The maximum absolute atomic E-state index is 12.0. The van der Waals surface area contributed by atoms with Gasteiger partial charge in [0.2, 0.25) is 5.91 Å². The molecule has 0 unspecified atom stereocenters. The first kappa shape index (κ1) is 12.4. The average molecular weight is 254 g/mol. The van der Waals surface area contributed by atoms with E-state index >= 15 is 0 Å². The van der Waals surface area contributed by atoms with Crippen molar-refractivity contribution >= 4 is 17.5 Å². The minimum Gasteiger partial charge on any atom is -0.340 e. The molecule has 17 heavy (non-hydrogen) atoms. The molecule has 1 aromatic rings. The third-order valence-electron chi connectivity index (χ3n) is 2.94. The van der Waals surface area contributed by atoms with Crippen molar-refractivity contribution < 1.29 is 4.79 Å². The number of amides is 1. The highest BCUT2D eigenvalue weighted by atomic mass is 35.5. The smallest absolute Gasteiger partial charge is 0.227 e. The number of piperazine rings is 1. The standard InChI is InChI=1S/C12H16ClN3O/c13-11-3-1-10(2-4-11)9-12(17)15-5-7-16(14)8-6-15/h1-4H,5-9,14H2. The largest absolute Gasteiger partial charge is 0.340 e. The first-order chi connectivity index (χ1) is 8.15. The second-order valence-corrected chi connectivity index (χ2v) is 4.66. The van der Waals surface area contributed by atoms with Crippen molar-refractivity contribution in [3.8, 4) is 0 Å². The number of hydrogen-bond acceptors (Lipinski definition) is 3. The highest BCUT2D eigenvalue weighted by Gasteiger charge is 2.19. The predicted octanol–water partition coefficient (Wildman–Crippen LogP) is 0.900. The molecule has 1 aliphatic heterocycles. The molecule has 0 atom stereocenters. The summed E-state index contributed by atoms with van der Waals surface area (Å²) in [5, 5.41) is 2.43. The number of nitrogens with two attached hydrogens (primary N) is 1. The van der Waals surface area contributed by atoms with E-state index in [9.17, 15) is 4.79 Å². The molecule has 0 bridgehead atoms. The highest BCUT2D eigenvalue weighted by Crippen LogP contribution is 2.11. The first-order valence-corrected chi connectivity index (χ1v) is 6.05. The summed E-state index contributed by atoms with van der Waals surface area (Å²) in [5.41, 5.74) is 0.995. The average Bonchev–Trinajstić information content (AvgIpc) is 2.33. The van der Waals surface area contributed by atoms with Gasteiger partial charge in [0, 0.05) is 31.2 Å². The molecule has 1 amide bonds. The minimum atomic E-state index is 0.153. The Morgan fingerprint density at radius 1 is 1.18 bits per heavy atom. The Labute approximate surface area is 106 Å². The molecule has 1 aliphatic rings. The molecule has 2 N–H and O–H groups in total. The summed E-state index contributed by atoms with van der Waals surface area (Å²) in [7, 11) is 0. The van der Waals surface area contributed by atoms with Gasteiger partial charge in [0.1, 0.15) is 0 Å². The van der Waals surface area contributed by atoms with E-state index in [0.29, 0.717) is 24.5 Å². The molecule has 4 nitrogen and oxygen atoms in total. The Morgan fingerprint density at radius 2 is 1.76 bits per heavy atom. The number of carbonyl (C=O) groups excluding carboxylic acids is 1. The van der Waals surface area contributed by atoms with Gasteiger partial charge < -0.3 is 4.90 Å². The third-order valence-corrected chi connectivity index (χ3v) is 3.19. The summed E-state index contributed by atoms with van der Waals surface area (Å²) >= 11 is 5.80. The molecule has 92 valence electrons. The molecule has 0 saturated carbocycles. The van der Waals surface area contributed by atoms with Crippen LogP contribution in [0.5, 0.6) is 0 Å². The van der Waals surface area contributed by atoms with Crippen LogP contribution in [0.15, 0.2) is 24.3 Å². The van der Waals surface area contributed by atoms with Gasteiger partial charge in [-0.2, -0.15) is 0 Å². The maximum atomic E-state index is 12.0. The van der Waals surface area contributed by atoms with Crippen LogP contribution in [0.2, 0.25) is 5.02 Å². The zero-order chi connectivity index (χ0) is 12.3. The van der Waals surface area contributed by atoms with E-state index in [1.54, 1.807) is 5.01 Å². The van der Waals surface area contributed by atoms with E-state index in [0.717, 1.165) is 18.7 Å². The molecule has 0 aliphatic carbocycles. The number of carbonyl (C=O) groups is 1. The molecule has 1 fully saturated rings. The van der Waals surface area contributed by atoms with E-state index in [4.69, 9.17) is 17.4 Å². The molecule has 2 rings (SSSR count). The Hall–Kier alpha value is -1.10. The molecule has 5 heteroatoms. The van der Waals surface area contributed by atoms with Crippen LogP contribution in [0.1, 0.15) is 5.56 Å². The van der Waals surface area contributed by atoms with E-state index in [2.05, 4.69) is 0 Å². The van der Waals surface area contributed by atoms with Gasteiger partial charge >= 0.3 is 0 Å². The number of halogens is 1. The molecule has 1 saturated heterocycles. The second-order valence-electron chi connectivity index (χ2n) is 4.22. The molecule has 0 aromatic heterocycles. The summed E-state index contributed by atoms with van der Waals surface area (Å²) in [6.07, 6.45) is 0.432. The second kappa shape index (κ2) is 5.49. The molecule has 1 heterocycles. The normalized spacial score (nSPS) is 17.2. The van der Waals surface area contributed by atoms with Crippen molar-refractivity contribution in [1.29, 1.82) is 0 Å². The fourth-order valence-electron chi connectivity index (χ4n) is 1.86. The van der Waals surface area contributed by atoms with Crippen LogP contribution in [0.3, 0.4) is 0 Å². The summed E-state index contributed by atoms with van der Waals surface area (Å²) < 4.78 is 0. The summed E-state index contributed by atoms with van der Waals surface area (Å²) in [5.74, 6) is 5.80. The van der Waals surface area contributed by atoms with Gasteiger partial charge in [0.05, 0.1) is 6.42 Å². The van der Waals surface area contributed by atoms with Crippen molar-refractivity contribution in [3.05, 3.63) is 34.9 Å². The van der Waals surface area contributed by atoms with Crippen LogP contribution in [0.4, 0.5) is 0 Å². The van der Waals surface area contributed by atoms with E-state index in [-0.39, 0.29) is 5.91 Å². The van der Waals surface area contributed by atoms with Gasteiger partial charge in [0.15, 0.2) is 0 Å². The van der Waals surface area contributed by atoms with E-state index < -0.39 is 0 Å². The minimum absolute atomic E-state index is 0.153. The first-order valence-electron chi connectivity index (χ1n) is 5.67. The van der Waals surface area contributed by atoms with Gasteiger partial charge in [-0.05, 0) is 17.7 Å². The molecular formula is C12H16ClN3O. The van der Waals surface area contributed by atoms with Gasteiger partial charge in [-0.15, -0.1) is 0 Å². The van der Waals surface area contributed by atoms with Gasteiger partial charge in [-0.25, -0.2) is 5.01 Å². The van der Waals surface area contributed by atoms with E-state index in [1.807, 2.05) is 29.2 Å². The van der Waals surface area contributed by atoms with Crippen LogP contribution in [0.25, 0.3) is 0 Å². The van der Waals surface area contributed by atoms with Gasteiger partial charge in [-0.1, -0.05) is 23.7 Å². The number of rotatable bonds is 2. The highest BCUT2D eigenvalue weighted by molar-refractivity contribution is 6.30. The monoisotopic (exact) mass is 253 g/mol. The van der Waals surface area contributed by atoms with Crippen molar-refractivity contribution in [1.82, 2.24) is 9.91 Å². The molecule has 1 aromatic carbocycles.